The zero-order valence-corrected chi connectivity index (χ0v) is 15.1. The van der Waals surface area contributed by atoms with E-state index in [4.69, 9.17) is 4.42 Å². The second kappa shape index (κ2) is 6.87. The molecule has 0 radical (unpaired) electrons. The van der Waals surface area contributed by atoms with Gasteiger partial charge in [0.15, 0.2) is 11.5 Å². The first-order valence-electron chi connectivity index (χ1n) is 7.99. The minimum atomic E-state index is -0.444. The number of aryl methyl sites for hydroxylation is 1. The molecule has 0 bridgehead atoms. The molecule has 9 heteroatoms. The quantitative estimate of drug-likeness (QED) is 0.747. The number of nitrogens with zero attached hydrogens (tertiary/aromatic N) is 5. The molecule has 0 aliphatic rings. The van der Waals surface area contributed by atoms with Crippen molar-refractivity contribution in [1.82, 2.24) is 24.5 Å². The van der Waals surface area contributed by atoms with E-state index in [9.17, 15) is 9.59 Å². The third-order valence-electron chi connectivity index (χ3n) is 3.94. The number of rotatable bonds is 5. The van der Waals surface area contributed by atoms with E-state index in [2.05, 4.69) is 15.5 Å². The second-order valence-electron chi connectivity index (χ2n) is 6.06. The average Bonchev–Trinajstić information content (AvgIpc) is 3.32. The molecule has 3 rings (SSSR count). The van der Waals surface area contributed by atoms with Gasteiger partial charge in [-0.3, -0.25) is 19.0 Å². The lowest BCUT2D eigenvalue weighted by Crippen LogP contribution is -2.24. The summed E-state index contributed by atoms with van der Waals surface area (Å²) >= 11 is 0. The van der Waals surface area contributed by atoms with E-state index in [-0.39, 0.29) is 17.4 Å². The van der Waals surface area contributed by atoms with Crippen LogP contribution in [0.4, 0.5) is 5.69 Å². The standard InChI is InChI=1S/C17H20N6O3/c1-11-14(15(20-22(11)4)17(25)21(2)3)19-16(24)13-7-6-12(26-13)10-23-9-5-8-18-23/h5-9H,10H2,1-4H3,(H,19,24). The number of amides is 2. The first kappa shape index (κ1) is 17.5. The van der Waals surface area contributed by atoms with E-state index in [0.29, 0.717) is 23.7 Å². The van der Waals surface area contributed by atoms with Crippen LogP contribution >= 0.6 is 0 Å². The van der Waals surface area contributed by atoms with Crippen molar-refractivity contribution >= 4 is 17.5 Å². The van der Waals surface area contributed by atoms with Crippen LogP contribution in [-0.2, 0) is 13.6 Å². The fraction of sp³-hybridized carbons (Fsp3) is 0.294. The van der Waals surface area contributed by atoms with Crippen molar-refractivity contribution in [2.45, 2.75) is 13.5 Å². The summed E-state index contributed by atoms with van der Waals surface area (Å²) in [5, 5.41) is 11.0. The molecule has 0 unspecified atom stereocenters. The van der Waals surface area contributed by atoms with Gasteiger partial charge in [0.05, 0.1) is 17.9 Å². The summed E-state index contributed by atoms with van der Waals surface area (Å²) in [6.45, 7) is 2.21. The Bertz CT molecular complexity index is 936. The van der Waals surface area contributed by atoms with Crippen LogP contribution < -0.4 is 5.32 Å². The molecule has 1 N–H and O–H groups in total. The van der Waals surface area contributed by atoms with E-state index in [1.807, 2.05) is 6.07 Å². The van der Waals surface area contributed by atoms with E-state index in [1.54, 1.807) is 62.0 Å². The fourth-order valence-electron chi connectivity index (χ4n) is 2.43. The van der Waals surface area contributed by atoms with Crippen LogP contribution in [0, 0.1) is 6.92 Å². The summed E-state index contributed by atoms with van der Waals surface area (Å²) in [6.07, 6.45) is 3.48. The lowest BCUT2D eigenvalue weighted by molar-refractivity contribution is 0.0822. The van der Waals surface area contributed by atoms with Crippen molar-refractivity contribution in [3.63, 3.8) is 0 Å². The molecule has 0 aliphatic carbocycles. The molecule has 0 spiro atoms. The Kier molecular flexibility index (Phi) is 4.61. The van der Waals surface area contributed by atoms with Gasteiger partial charge in [-0.1, -0.05) is 0 Å². The Morgan fingerprint density at radius 2 is 2.08 bits per heavy atom. The maximum Gasteiger partial charge on any atom is 0.291 e. The zero-order chi connectivity index (χ0) is 18.8. The number of hydrogen-bond donors (Lipinski definition) is 1. The van der Waals surface area contributed by atoms with Crippen LogP contribution in [0.1, 0.15) is 32.5 Å². The fourth-order valence-corrected chi connectivity index (χ4v) is 2.43. The molecule has 136 valence electrons. The third-order valence-corrected chi connectivity index (χ3v) is 3.94. The first-order valence-corrected chi connectivity index (χ1v) is 7.99. The van der Waals surface area contributed by atoms with Crippen molar-refractivity contribution in [2.24, 2.45) is 7.05 Å². The van der Waals surface area contributed by atoms with Crippen molar-refractivity contribution in [1.29, 1.82) is 0 Å². The van der Waals surface area contributed by atoms with Gasteiger partial charge in [0.2, 0.25) is 0 Å². The highest BCUT2D eigenvalue weighted by molar-refractivity contribution is 6.07. The molecule has 3 aromatic rings. The maximum atomic E-state index is 12.5. The van der Waals surface area contributed by atoms with Crippen LogP contribution in [0.15, 0.2) is 35.0 Å². The average molecular weight is 356 g/mol. The van der Waals surface area contributed by atoms with Crippen molar-refractivity contribution < 1.29 is 14.0 Å². The Morgan fingerprint density at radius 3 is 2.73 bits per heavy atom. The summed E-state index contributed by atoms with van der Waals surface area (Å²) in [6, 6.07) is 5.12. The SMILES string of the molecule is Cc1c(NC(=O)c2ccc(Cn3cccn3)o2)c(C(=O)N(C)C)nn1C. The number of anilines is 1. The van der Waals surface area contributed by atoms with Gasteiger partial charge in [-0.05, 0) is 25.1 Å². The molecule has 0 atom stereocenters. The summed E-state index contributed by atoms with van der Waals surface area (Å²) in [4.78, 5) is 26.3. The summed E-state index contributed by atoms with van der Waals surface area (Å²) in [5.74, 6) is 0.0217. The summed E-state index contributed by atoms with van der Waals surface area (Å²) < 4.78 is 8.84. The predicted octanol–water partition coefficient (Wildman–Crippen LogP) is 1.52. The van der Waals surface area contributed by atoms with E-state index in [0.717, 1.165) is 0 Å². The Morgan fingerprint density at radius 1 is 1.31 bits per heavy atom. The van der Waals surface area contributed by atoms with Crippen LogP contribution in [-0.4, -0.2) is 50.4 Å². The monoisotopic (exact) mass is 356 g/mol. The molecule has 0 aliphatic heterocycles. The summed E-state index contributed by atoms with van der Waals surface area (Å²) in [7, 11) is 4.98. The number of carbonyl (C=O) groups excluding carboxylic acids is 2. The van der Waals surface area contributed by atoms with Crippen molar-refractivity contribution in [3.05, 3.63) is 53.5 Å². The van der Waals surface area contributed by atoms with Crippen LogP contribution in [0.2, 0.25) is 0 Å². The predicted molar refractivity (Wildman–Crippen MR) is 94.0 cm³/mol. The number of nitrogens with one attached hydrogen (secondary N) is 1. The second-order valence-corrected chi connectivity index (χ2v) is 6.06. The first-order chi connectivity index (χ1) is 12.4. The summed E-state index contributed by atoms with van der Waals surface area (Å²) in [5.41, 5.74) is 1.24. The Balaban J connectivity index is 1.80. The highest BCUT2D eigenvalue weighted by Crippen LogP contribution is 2.22. The smallest absolute Gasteiger partial charge is 0.291 e. The molecular formula is C17H20N6O3. The zero-order valence-electron chi connectivity index (χ0n) is 15.1. The van der Waals surface area contributed by atoms with E-state index < -0.39 is 5.91 Å². The largest absolute Gasteiger partial charge is 0.454 e. The van der Waals surface area contributed by atoms with E-state index in [1.165, 1.54) is 4.90 Å². The molecule has 3 heterocycles. The van der Waals surface area contributed by atoms with Gasteiger partial charge in [0.25, 0.3) is 11.8 Å². The molecule has 0 saturated heterocycles. The van der Waals surface area contributed by atoms with Gasteiger partial charge in [0.1, 0.15) is 5.76 Å². The number of carbonyl (C=O) groups is 2. The third kappa shape index (κ3) is 3.37. The van der Waals surface area contributed by atoms with Gasteiger partial charge in [0, 0.05) is 33.5 Å². The van der Waals surface area contributed by atoms with Gasteiger partial charge in [-0.15, -0.1) is 0 Å². The highest BCUT2D eigenvalue weighted by Gasteiger charge is 2.24. The van der Waals surface area contributed by atoms with Gasteiger partial charge >= 0.3 is 0 Å². The van der Waals surface area contributed by atoms with Crippen molar-refractivity contribution in [2.75, 3.05) is 19.4 Å². The molecule has 0 fully saturated rings. The van der Waals surface area contributed by atoms with E-state index >= 15 is 0 Å². The maximum absolute atomic E-state index is 12.5. The van der Waals surface area contributed by atoms with Gasteiger partial charge in [-0.25, -0.2) is 0 Å². The molecule has 3 aromatic heterocycles. The topological polar surface area (TPSA) is 98.2 Å². The Labute approximate surface area is 150 Å². The molecule has 2 amide bonds. The lowest BCUT2D eigenvalue weighted by Gasteiger charge is -2.10. The Hall–Kier alpha value is -3.36. The highest BCUT2D eigenvalue weighted by atomic mass is 16.4. The molecule has 0 saturated carbocycles. The minimum Gasteiger partial charge on any atom is -0.454 e. The van der Waals surface area contributed by atoms with Gasteiger partial charge in [-0.2, -0.15) is 10.2 Å². The van der Waals surface area contributed by atoms with Gasteiger partial charge < -0.3 is 14.6 Å². The van der Waals surface area contributed by atoms with Crippen LogP contribution in [0.5, 0.6) is 0 Å². The molecular weight excluding hydrogens is 336 g/mol. The number of aromatic nitrogens is 4. The van der Waals surface area contributed by atoms with Crippen LogP contribution in [0.3, 0.4) is 0 Å². The number of furan rings is 1. The lowest BCUT2D eigenvalue weighted by atomic mass is 10.2. The van der Waals surface area contributed by atoms with Crippen LogP contribution in [0.25, 0.3) is 0 Å². The minimum absolute atomic E-state index is 0.152. The molecule has 0 aromatic carbocycles. The van der Waals surface area contributed by atoms with Crippen molar-refractivity contribution in [3.8, 4) is 0 Å². The normalized spacial score (nSPS) is 10.8. The molecule has 9 nitrogen and oxygen atoms in total. The molecule has 26 heavy (non-hydrogen) atoms. The number of hydrogen-bond acceptors (Lipinski definition) is 5.